The highest BCUT2D eigenvalue weighted by Crippen LogP contribution is 2.44. The molecule has 0 aliphatic rings. The molecule has 0 amide bonds. The van der Waals surface area contributed by atoms with Gasteiger partial charge in [-0.2, -0.15) is 0 Å². The Labute approximate surface area is 304 Å². The van der Waals surface area contributed by atoms with Crippen molar-refractivity contribution < 1.29 is 0 Å². The van der Waals surface area contributed by atoms with E-state index in [2.05, 4.69) is 202 Å². The second-order valence-electron chi connectivity index (χ2n) is 14.1. The predicted octanol–water partition coefficient (Wildman–Crippen LogP) is 13.3. The van der Waals surface area contributed by atoms with Gasteiger partial charge >= 0.3 is 0 Å². The van der Waals surface area contributed by atoms with Crippen LogP contribution in [0.3, 0.4) is 0 Å². The first-order valence-corrected chi connectivity index (χ1v) is 18.3. The SMILES string of the molecule is c1ccc2c(c1)cc(-n1c3ccccc3c3c1ccc1c4ccccc4n(-c4ccc(-n5c6ccccc6c6ccccc65)cc4)c13)c1ccccc12. The van der Waals surface area contributed by atoms with Crippen LogP contribution in [0.25, 0.3) is 104 Å². The number of hydrogen-bond donors (Lipinski definition) is 0. The second kappa shape index (κ2) is 10.7. The number of benzene rings is 9. The summed E-state index contributed by atoms with van der Waals surface area (Å²) in [6.45, 7) is 0. The Morgan fingerprint density at radius 1 is 0.264 bits per heavy atom. The first-order chi connectivity index (χ1) is 26.3. The maximum atomic E-state index is 2.49. The molecule has 0 aliphatic carbocycles. The van der Waals surface area contributed by atoms with E-state index in [1.165, 1.54) is 92.6 Å². The molecule has 53 heavy (non-hydrogen) atoms. The van der Waals surface area contributed by atoms with Crippen molar-refractivity contribution in [1.29, 1.82) is 0 Å². The lowest BCUT2D eigenvalue weighted by Gasteiger charge is -2.14. The minimum absolute atomic E-state index is 1.14. The molecule has 0 N–H and O–H groups in total. The molecule has 0 saturated carbocycles. The molecule has 3 heterocycles. The molecule has 0 spiro atoms. The summed E-state index contributed by atoms with van der Waals surface area (Å²) >= 11 is 0. The molecular formula is C50H31N3. The fourth-order valence-electron chi connectivity index (χ4n) is 9.21. The number of nitrogens with zero attached hydrogens (tertiary/aromatic N) is 3. The van der Waals surface area contributed by atoms with Crippen LogP contribution in [-0.4, -0.2) is 13.7 Å². The van der Waals surface area contributed by atoms with E-state index < -0.39 is 0 Å². The molecule has 3 heteroatoms. The first kappa shape index (κ1) is 28.6. The van der Waals surface area contributed by atoms with Crippen LogP contribution < -0.4 is 0 Å². The maximum absolute atomic E-state index is 2.49. The summed E-state index contributed by atoms with van der Waals surface area (Å²) in [5, 5.41) is 12.6. The Morgan fingerprint density at radius 2 is 0.717 bits per heavy atom. The van der Waals surface area contributed by atoms with Crippen molar-refractivity contribution in [1.82, 2.24) is 13.7 Å². The number of para-hydroxylation sites is 4. The molecular weight excluding hydrogens is 643 g/mol. The summed E-state index contributed by atoms with van der Waals surface area (Å²) < 4.78 is 7.37. The topological polar surface area (TPSA) is 14.8 Å². The zero-order chi connectivity index (χ0) is 34.6. The summed E-state index contributed by atoms with van der Waals surface area (Å²) in [6, 6.07) is 69.0. The van der Waals surface area contributed by atoms with E-state index in [-0.39, 0.29) is 0 Å². The average molecular weight is 674 g/mol. The number of hydrogen-bond acceptors (Lipinski definition) is 0. The standard InChI is InChI=1S/C50H31N3/c1-2-14-35-32(13-1)31-48(37-16-4-3-15-36(35)37)53-46-24-12-8-20-42(46)49-47(53)30-29-41-40-19-7-11-23-45(40)52(50(41)49)34-27-25-33(26-28-34)51-43-21-9-5-17-38(43)39-18-6-10-22-44(39)51/h1-31H. The summed E-state index contributed by atoms with van der Waals surface area (Å²) in [5.74, 6) is 0. The van der Waals surface area contributed by atoms with Gasteiger partial charge in [0.2, 0.25) is 0 Å². The molecule has 0 unspecified atom stereocenters. The van der Waals surface area contributed by atoms with Crippen molar-refractivity contribution in [3.63, 3.8) is 0 Å². The van der Waals surface area contributed by atoms with Gasteiger partial charge in [0.25, 0.3) is 0 Å². The van der Waals surface area contributed by atoms with Gasteiger partial charge in [-0.3, -0.25) is 0 Å². The smallest absolute Gasteiger partial charge is 0.0641 e. The summed E-state index contributed by atoms with van der Waals surface area (Å²) in [5.41, 5.74) is 10.8. The number of rotatable bonds is 3. The molecule has 3 aromatic heterocycles. The normalized spacial score (nSPS) is 12.2. The second-order valence-corrected chi connectivity index (χ2v) is 14.1. The van der Waals surface area contributed by atoms with E-state index in [1.807, 2.05) is 0 Å². The lowest BCUT2D eigenvalue weighted by molar-refractivity contribution is 1.15. The van der Waals surface area contributed by atoms with Crippen LogP contribution in [0.2, 0.25) is 0 Å². The molecule has 0 radical (unpaired) electrons. The highest BCUT2D eigenvalue weighted by Gasteiger charge is 2.22. The third-order valence-corrected chi connectivity index (χ3v) is 11.4. The van der Waals surface area contributed by atoms with Crippen LogP contribution in [0, 0.1) is 0 Å². The highest BCUT2D eigenvalue weighted by molar-refractivity contribution is 6.27. The summed E-state index contributed by atoms with van der Waals surface area (Å²) in [6.07, 6.45) is 0. The Bertz CT molecular complexity index is 3390. The number of fused-ring (bicyclic) bond motifs is 13. The molecule has 0 bridgehead atoms. The van der Waals surface area contributed by atoms with Gasteiger partial charge in [0.1, 0.15) is 0 Å². The monoisotopic (exact) mass is 673 g/mol. The molecule has 0 atom stereocenters. The van der Waals surface area contributed by atoms with Gasteiger partial charge in [0, 0.05) is 49.1 Å². The average Bonchev–Trinajstić information content (AvgIpc) is 3.86. The predicted molar refractivity (Wildman–Crippen MR) is 224 cm³/mol. The van der Waals surface area contributed by atoms with Crippen LogP contribution in [-0.2, 0) is 0 Å². The van der Waals surface area contributed by atoms with Crippen LogP contribution in [0.5, 0.6) is 0 Å². The van der Waals surface area contributed by atoms with Gasteiger partial charge in [-0.05, 0) is 76.8 Å². The lowest BCUT2D eigenvalue weighted by Crippen LogP contribution is -1.98. The van der Waals surface area contributed by atoms with Crippen molar-refractivity contribution in [3.05, 3.63) is 188 Å². The molecule has 0 aliphatic heterocycles. The van der Waals surface area contributed by atoms with E-state index in [0.29, 0.717) is 0 Å². The van der Waals surface area contributed by atoms with Crippen molar-refractivity contribution >= 4 is 87.0 Å². The molecule has 12 rings (SSSR count). The Hall–Kier alpha value is -7.10. The first-order valence-electron chi connectivity index (χ1n) is 18.3. The minimum atomic E-state index is 1.14. The van der Waals surface area contributed by atoms with Gasteiger partial charge in [-0.25, -0.2) is 0 Å². The van der Waals surface area contributed by atoms with Crippen molar-refractivity contribution in [3.8, 4) is 17.1 Å². The van der Waals surface area contributed by atoms with Crippen LogP contribution in [0.15, 0.2) is 188 Å². The number of aromatic nitrogens is 3. The Kier molecular flexibility index (Phi) is 5.77. The molecule has 9 aromatic carbocycles. The van der Waals surface area contributed by atoms with E-state index >= 15 is 0 Å². The van der Waals surface area contributed by atoms with Gasteiger partial charge in [-0.1, -0.05) is 127 Å². The largest absolute Gasteiger partial charge is 0.309 e. The fourth-order valence-corrected chi connectivity index (χ4v) is 9.21. The van der Waals surface area contributed by atoms with Crippen molar-refractivity contribution in [2.75, 3.05) is 0 Å². The zero-order valence-corrected chi connectivity index (χ0v) is 28.7. The summed E-state index contributed by atoms with van der Waals surface area (Å²) in [4.78, 5) is 0. The summed E-state index contributed by atoms with van der Waals surface area (Å²) in [7, 11) is 0. The maximum Gasteiger partial charge on any atom is 0.0641 e. The van der Waals surface area contributed by atoms with Crippen LogP contribution >= 0.6 is 0 Å². The van der Waals surface area contributed by atoms with Crippen LogP contribution in [0.1, 0.15) is 0 Å². The Balaban J connectivity index is 1.16. The molecule has 0 fully saturated rings. The van der Waals surface area contributed by atoms with E-state index in [0.717, 1.165) is 11.4 Å². The van der Waals surface area contributed by atoms with Gasteiger partial charge < -0.3 is 13.7 Å². The molecule has 12 aromatic rings. The Morgan fingerprint density at radius 3 is 1.36 bits per heavy atom. The zero-order valence-electron chi connectivity index (χ0n) is 28.7. The highest BCUT2D eigenvalue weighted by atomic mass is 15.0. The van der Waals surface area contributed by atoms with Crippen molar-refractivity contribution in [2.45, 2.75) is 0 Å². The van der Waals surface area contributed by atoms with Gasteiger partial charge in [0.05, 0.1) is 38.8 Å². The van der Waals surface area contributed by atoms with Gasteiger partial charge in [0.15, 0.2) is 0 Å². The fraction of sp³-hybridized carbons (Fsp3) is 0. The van der Waals surface area contributed by atoms with E-state index in [1.54, 1.807) is 0 Å². The van der Waals surface area contributed by atoms with E-state index in [9.17, 15) is 0 Å². The van der Waals surface area contributed by atoms with Crippen molar-refractivity contribution in [2.24, 2.45) is 0 Å². The third kappa shape index (κ3) is 3.88. The van der Waals surface area contributed by atoms with Gasteiger partial charge in [-0.15, -0.1) is 0 Å². The third-order valence-electron chi connectivity index (χ3n) is 11.4. The minimum Gasteiger partial charge on any atom is -0.309 e. The quantitative estimate of drug-likeness (QED) is 0.166. The van der Waals surface area contributed by atoms with E-state index in [4.69, 9.17) is 0 Å². The molecule has 246 valence electrons. The van der Waals surface area contributed by atoms with Crippen LogP contribution in [0.4, 0.5) is 0 Å². The lowest BCUT2D eigenvalue weighted by atomic mass is 10.00. The molecule has 0 saturated heterocycles. The molecule has 3 nitrogen and oxygen atoms in total.